The number of aromatic nitrogens is 1. The number of amides is 1. The van der Waals surface area contributed by atoms with Crippen molar-refractivity contribution in [2.75, 3.05) is 19.1 Å². The number of rotatable bonds is 5. The van der Waals surface area contributed by atoms with Gasteiger partial charge in [-0.25, -0.2) is 4.98 Å². The van der Waals surface area contributed by atoms with Gasteiger partial charge in [0.05, 0.1) is 7.11 Å². The normalized spacial score (nSPS) is 10.2. The van der Waals surface area contributed by atoms with Crippen molar-refractivity contribution in [3.05, 3.63) is 41.4 Å². The van der Waals surface area contributed by atoms with Crippen LogP contribution in [0.25, 0.3) is 0 Å². The van der Waals surface area contributed by atoms with Gasteiger partial charge in [0.25, 0.3) is 0 Å². The average molecular weight is 276 g/mol. The zero-order valence-electron chi connectivity index (χ0n) is 11.0. The lowest BCUT2D eigenvalue weighted by Crippen LogP contribution is -2.26. The van der Waals surface area contributed by atoms with Crippen molar-refractivity contribution < 1.29 is 9.53 Å². The Labute approximate surface area is 116 Å². The second kappa shape index (κ2) is 6.33. The van der Waals surface area contributed by atoms with Gasteiger partial charge in [0.15, 0.2) is 5.13 Å². The Bertz CT molecular complexity index is 540. The molecule has 1 heterocycles. The van der Waals surface area contributed by atoms with Crippen LogP contribution in [0.3, 0.4) is 0 Å². The molecule has 1 aromatic carbocycles. The third kappa shape index (κ3) is 3.32. The molecule has 0 aliphatic carbocycles. The highest BCUT2D eigenvalue weighted by Crippen LogP contribution is 2.21. The Morgan fingerprint density at radius 2 is 2.21 bits per heavy atom. The molecule has 4 nitrogen and oxygen atoms in total. The van der Waals surface area contributed by atoms with Crippen molar-refractivity contribution >= 4 is 22.4 Å². The molecule has 0 spiro atoms. The van der Waals surface area contributed by atoms with Crippen LogP contribution in [-0.2, 0) is 11.2 Å². The summed E-state index contributed by atoms with van der Waals surface area (Å²) < 4.78 is 5.28. The van der Waals surface area contributed by atoms with E-state index in [1.165, 1.54) is 11.3 Å². The smallest absolute Gasteiger partial charge is 0.228 e. The Kier molecular flexibility index (Phi) is 4.52. The van der Waals surface area contributed by atoms with Crippen molar-refractivity contribution in [1.29, 1.82) is 0 Å². The predicted molar refractivity (Wildman–Crippen MR) is 76.8 cm³/mol. The van der Waals surface area contributed by atoms with Crippen LogP contribution in [0.15, 0.2) is 35.8 Å². The molecule has 2 rings (SSSR count). The molecule has 2 aromatic rings. The van der Waals surface area contributed by atoms with Crippen LogP contribution in [0.1, 0.15) is 12.0 Å². The summed E-state index contributed by atoms with van der Waals surface area (Å²) in [4.78, 5) is 17.8. The van der Waals surface area contributed by atoms with E-state index in [0.29, 0.717) is 12.8 Å². The molecule has 0 saturated carbocycles. The third-order valence-electron chi connectivity index (χ3n) is 2.88. The number of carbonyl (C=O) groups is 1. The van der Waals surface area contributed by atoms with Crippen LogP contribution < -0.4 is 9.64 Å². The summed E-state index contributed by atoms with van der Waals surface area (Å²) >= 11 is 1.46. The highest BCUT2D eigenvalue weighted by Gasteiger charge is 2.13. The van der Waals surface area contributed by atoms with Gasteiger partial charge in [0, 0.05) is 25.0 Å². The van der Waals surface area contributed by atoms with Gasteiger partial charge in [0.2, 0.25) is 5.91 Å². The van der Waals surface area contributed by atoms with E-state index in [4.69, 9.17) is 4.74 Å². The van der Waals surface area contributed by atoms with E-state index >= 15 is 0 Å². The SMILES string of the molecule is COc1ccccc1CCC(=O)N(C)c1nccs1. The Morgan fingerprint density at radius 1 is 1.42 bits per heavy atom. The van der Waals surface area contributed by atoms with Gasteiger partial charge >= 0.3 is 0 Å². The van der Waals surface area contributed by atoms with Crippen LogP contribution in [-0.4, -0.2) is 25.0 Å². The number of carbonyl (C=O) groups excluding carboxylic acids is 1. The van der Waals surface area contributed by atoms with E-state index < -0.39 is 0 Å². The van der Waals surface area contributed by atoms with E-state index in [-0.39, 0.29) is 5.91 Å². The Morgan fingerprint density at radius 3 is 2.89 bits per heavy atom. The van der Waals surface area contributed by atoms with Crippen LogP contribution in [0.4, 0.5) is 5.13 Å². The molecule has 0 bridgehead atoms. The molecule has 0 aliphatic heterocycles. The summed E-state index contributed by atoms with van der Waals surface area (Å²) in [6, 6.07) is 7.76. The van der Waals surface area contributed by atoms with Crippen LogP contribution in [0, 0.1) is 0 Å². The summed E-state index contributed by atoms with van der Waals surface area (Å²) in [5, 5.41) is 2.59. The molecule has 0 fully saturated rings. The first kappa shape index (κ1) is 13.5. The number of thiazole rings is 1. The standard InChI is InChI=1S/C14H16N2O2S/c1-16(14-15-9-10-19-14)13(17)8-7-11-5-3-4-6-12(11)18-2/h3-6,9-10H,7-8H2,1-2H3. The Hall–Kier alpha value is -1.88. The summed E-state index contributed by atoms with van der Waals surface area (Å²) in [5.74, 6) is 0.882. The van der Waals surface area contributed by atoms with Gasteiger partial charge < -0.3 is 4.74 Å². The van der Waals surface area contributed by atoms with Crippen molar-refractivity contribution in [1.82, 2.24) is 4.98 Å². The van der Waals surface area contributed by atoms with Gasteiger partial charge in [-0.05, 0) is 18.1 Å². The van der Waals surface area contributed by atoms with Crippen molar-refractivity contribution in [3.63, 3.8) is 0 Å². The van der Waals surface area contributed by atoms with Gasteiger partial charge in [-0.15, -0.1) is 11.3 Å². The van der Waals surface area contributed by atoms with E-state index in [1.54, 1.807) is 25.3 Å². The first-order valence-electron chi connectivity index (χ1n) is 6.00. The molecule has 5 heteroatoms. The van der Waals surface area contributed by atoms with Gasteiger partial charge in [-0.1, -0.05) is 18.2 Å². The molecule has 0 saturated heterocycles. The number of anilines is 1. The fraction of sp³-hybridized carbons (Fsp3) is 0.286. The first-order chi connectivity index (χ1) is 9.22. The minimum absolute atomic E-state index is 0.0563. The van der Waals surface area contributed by atoms with E-state index in [0.717, 1.165) is 16.4 Å². The molecular weight excluding hydrogens is 260 g/mol. The van der Waals surface area contributed by atoms with E-state index in [9.17, 15) is 4.79 Å². The maximum Gasteiger partial charge on any atom is 0.228 e. The van der Waals surface area contributed by atoms with Gasteiger partial charge in [-0.2, -0.15) is 0 Å². The molecule has 0 unspecified atom stereocenters. The fourth-order valence-electron chi connectivity index (χ4n) is 1.81. The summed E-state index contributed by atoms with van der Waals surface area (Å²) in [5.41, 5.74) is 1.05. The minimum atomic E-state index is 0.0563. The number of aryl methyl sites for hydroxylation is 1. The molecule has 1 aromatic heterocycles. The topological polar surface area (TPSA) is 42.4 Å². The monoisotopic (exact) mass is 276 g/mol. The van der Waals surface area contributed by atoms with Crippen molar-refractivity contribution in [2.45, 2.75) is 12.8 Å². The predicted octanol–water partition coefficient (Wildman–Crippen LogP) is 2.75. The van der Waals surface area contributed by atoms with Crippen molar-refractivity contribution in [2.24, 2.45) is 0 Å². The molecule has 0 N–H and O–H groups in total. The molecular formula is C14H16N2O2S. The number of para-hydroxylation sites is 1. The van der Waals surface area contributed by atoms with E-state index in [1.807, 2.05) is 29.6 Å². The quantitative estimate of drug-likeness (QED) is 0.843. The summed E-state index contributed by atoms with van der Waals surface area (Å²) in [7, 11) is 3.39. The first-order valence-corrected chi connectivity index (χ1v) is 6.88. The van der Waals surface area contributed by atoms with Crippen molar-refractivity contribution in [3.8, 4) is 5.75 Å². The lowest BCUT2D eigenvalue weighted by Gasteiger charge is -2.14. The highest BCUT2D eigenvalue weighted by atomic mass is 32.1. The molecule has 0 aliphatic rings. The van der Waals surface area contributed by atoms with E-state index in [2.05, 4.69) is 4.98 Å². The van der Waals surface area contributed by atoms with Gasteiger partial charge in [0.1, 0.15) is 5.75 Å². The second-order valence-electron chi connectivity index (χ2n) is 4.08. The Balaban J connectivity index is 1.97. The molecule has 0 atom stereocenters. The van der Waals surface area contributed by atoms with Gasteiger partial charge in [-0.3, -0.25) is 9.69 Å². The summed E-state index contributed by atoms with van der Waals surface area (Å²) in [6.07, 6.45) is 2.80. The summed E-state index contributed by atoms with van der Waals surface area (Å²) in [6.45, 7) is 0. The second-order valence-corrected chi connectivity index (χ2v) is 4.95. The number of ether oxygens (including phenoxy) is 1. The largest absolute Gasteiger partial charge is 0.496 e. The molecule has 19 heavy (non-hydrogen) atoms. The highest BCUT2D eigenvalue weighted by molar-refractivity contribution is 7.13. The number of benzene rings is 1. The molecule has 0 radical (unpaired) electrons. The van der Waals surface area contributed by atoms with Crippen LogP contribution in [0.2, 0.25) is 0 Å². The molecule has 100 valence electrons. The number of hydrogen-bond acceptors (Lipinski definition) is 4. The maximum absolute atomic E-state index is 12.1. The minimum Gasteiger partial charge on any atom is -0.496 e. The number of nitrogens with zero attached hydrogens (tertiary/aromatic N) is 2. The lowest BCUT2D eigenvalue weighted by molar-refractivity contribution is -0.118. The maximum atomic E-state index is 12.1. The third-order valence-corrected chi connectivity index (χ3v) is 3.73. The fourth-order valence-corrected chi connectivity index (χ4v) is 2.43. The zero-order chi connectivity index (χ0) is 13.7. The molecule has 1 amide bonds. The lowest BCUT2D eigenvalue weighted by atomic mass is 10.1. The zero-order valence-corrected chi connectivity index (χ0v) is 11.8. The average Bonchev–Trinajstić information content (AvgIpc) is 2.98. The number of hydrogen-bond donors (Lipinski definition) is 0. The number of methoxy groups -OCH3 is 1. The van der Waals surface area contributed by atoms with Crippen LogP contribution in [0.5, 0.6) is 5.75 Å². The van der Waals surface area contributed by atoms with Crippen LogP contribution >= 0.6 is 11.3 Å².